The highest BCUT2D eigenvalue weighted by Gasteiger charge is 2.47. The Balaban J connectivity index is 1.34. The van der Waals surface area contributed by atoms with Crippen molar-refractivity contribution in [2.75, 3.05) is 6.61 Å². The van der Waals surface area contributed by atoms with Crippen LogP contribution in [0.25, 0.3) is 0 Å². The summed E-state index contributed by atoms with van der Waals surface area (Å²) in [4.78, 5) is 25.7. The molecule has 0 spiro atoms. The molecule has 3 heteroatoms. The van der Waals surface area contributed by atoms with Crippen LogP contribution in [0.2, 0.25) is 0 Å². The summed E-state index contributed by atoms with van der Waals surface area (Å²) < 4.78 is 5.50. The molecule has 3 fully saturated rings. The molecule has 3 saturated carbocycles. The van der Waals surface area contributed by atoms with Crippen molar-refractivity contribution in [2.24, 2.45) is 35.0 Å². The van der Waals surface area contributed by atoms with Crippen LogP contribution in [0, 0.1) is 35.0 Å². The molecule has 0 aromatic rings. The van der Waals surface area contributed by atoms with Gasteiger partial charge in [0.1, 0.15) is 11.2 Å². The molecular formula is C32H56O3. The first-order valence-electron chi connectivity index (χ1n) is 15.7. The van der Waals surface area contributed by atoms with E-state index in [9.17, 15) is 9.59 Å². The van der Waals surface area contributed by atoms with Crippen molar-refractivity contribution in [1.82, 2.24) is 0 Å². The molecule has 0 aromatic heterocycles. The van der Waals surface area contributed by atoms with Crippen LogP contribution >= 0.6 is 0 Å². The van der Waals surface area contributed by atoms with Gasteiger partial charge >= 0.3 is 5.97 Å². The average Bonchev–Trinajstić information content (AvgIpc) is 2.88. The number of carbonyl (C=O) groups excluding carboxylic acids is 2. The monoisotopic (exact) mass is 488 g/mol. The number of rotatable bonds is 13. The predicted molar refractivity (Wildman–Crippen MR) is 145 cm³/mol. The van der Waals surface area contributed by atoms with Gasteiger partial charge in [-0.15, -0.1) is 0 Å². The number of carbonyl (C=O) groups is 2. The lowest BCUT2D eigenvalue weighted by molar-refractivity contribution is -0.162. The van der Waals surface area contributed by atoms with E-state index in [1.807, 2.05) is 6.92 Å². The molecule has 0 N–H and O–H groups in total. The van der Waals surface area contributed by atoms with Gasteiger partial charge < -0.3 is 4.74 Å². The molecule has 0 radical (unpaired) electrons. The molecule has 0 aliphatic heterocycles. The van der Waals surface area contributed by atoms with Crippen LogP contribution in [0.3, 0.4) is 0 Å². The molecule has 3 aliphatic carbocycles. The summed E-state index contributed by atoms with van der Waals surface area (Å²) in [5.41, 5.74) is -0.894. The van der Waals surface area contributed by atoms with Crippen molar-refractivity contribution < 1.29 is 14.3 Å². The van der Waals surface area contributed by atoms with E-state index in [4.69, 9.17) is 4.74 Å². The van der Waals surface area contributed by atoms with Crippen molar-refractivity contribution in [2.45, 2.75) is 149 Å². The number of hydrogen-bond donors (Lipinski definition) is 0. The molecule has 0 amide bonds. The minimum Gasteiger partial charge on any atom is -0.465 e. The normalized spacial score (nSPS) is 34.0. The van der Waals surface area contributed by atoms with Crippen LogP contribution < -0.4 is 0 Å². The zero-order valence-electron chi connectivity index (χ0n) is 23.5. The first kappa shape index (κ1) is 28.7. The fourth-order valence-electron chi connectivity index (χ4n) is 7.55. The van der Waals surface area contributed by atoms with E-state index >= 15 is 0 Å². The number of esters is 1. The van der Waals surface area contributed by atoms with Crippen LogP contribution in [0.1, 0.15) is 149 Å². The standard InChI is InChI=1S/C32H56O3/c1-4-6-8-9-10-12-25-13-15-26(16-14-25)27-17-19-28(20-18-27)29-21-22-32(3,30(33)24-29)31(34)35-23-11-7-5-2/h25-29H,4-24H2,1-3H3/t25?,26?,27?,28?,29-,32+/m1/s1. The molecule has 3 nitrogen and oxygen atoms in total. The molecule has 0 saturated heterocycles. The molecule has 3 aliphatic rings. The van der Waals surface area contributed by atoms with Crippen molar-refractivity contribution in [3.8, 4) is 0 Å². The maximum atomic E-state index is 13.1. The highest BCUT2D eigenvalue weighted by Crippen LogP contribution is 2.47. The third-order valence-corrected chi connectivity index (χ3v) is 10.3. The molecule has 2 atom stereocenters. The Kier molecular flexibility index (Phi) is 12.1. The van der Waals surface area contributed by atoms with E-state index in [2.05, 4.69) is 13.8 Å². The second-order valence-corrected chi connectivity index (χ2v) is 12.8. The molecule has 3 rings (SSSR count). The van der Waals surface area contributed by atoms with Gasteiger partial charge in [-0.2, -0.15) is 0 Å². The van der Waals surface area contributed by atoms with Gasteiger partial charge in [0.2, 0.25) is 0 Å². The molecule has 35 heavy (non-hydrogen) atoms. The summed E-state index contributed by atoms with van der Waals surface area (Å²) in [5.74, 6) is 3.96. The average molecular weight is 489 g/mol. The fraction of sp³-hybridized carbons (Fsp3) is 0.938. The summed E-state index contributed by atoms with van der Waals surface area (Å²) in [5, 5.41) is 0. The van der Waals surface area contributed by atoms with E-state index in [0.29, 0.717) is 31.3 Å². The maximum Gasteiger partial charge on any atom is 0.319 e. The third-order valence-electron chi connectivity index (χ3n) is 10.3. The highest BCUT2D eigenvalue weighted by molar-refractivity contribution is 6.04. The Morgan fingerprint density at radius 3 is 1.89 bits per heavy atom. The third kappa shape index (κ3) is 8.32. The number of Topliss-reactive ketones (excluding diaryl/α,β-unsaturated/α-hetero) is 1. The Morgan fingerprint density at radius 2 is 1.29 bits per heavy atom. The number of ketones is 1. The molecule has 0 bridgehead atoms. The molecule has 0 aromatic carbocycles. The van der Waals surface area contributed by atoms with Crippen molar-refractivity contribution in [1.29, 1.82) is 0 Å². The van der Waals surface area contributed by atoms with E-state index in [1.165, 1.54) is 89.9 Å². The van der Waals surface area contributed by atoms with Crippen LogP contribution in [0.4, 0.5) is 0 Å². The van der Waals surface area contributed by atoms with Gasteiger partial charge in [-0.3, -0.25) is 9.59 Å². The Labute approximate surface area is 216 Å². The van der Waals surface area contributed by atoms with Gasteiger partial charge in [0.15, 0.2) is 0 Å². The minimum absolute atomic E-state index is 0.143. The van der Waals surface area contributed by atoms with Crippen LogP contribution in [0.15, 0.2) is 0 Å². The number of ether oxygens (including phenoxy) is 1. The lowest BCUT2D eigenvalue weighted by atomic mass is 9.62. The quantitative estimate of drug-likeness (QED) is 0.147. The summed E-state index contributed by atoms with van der Waals surface area (Å²) in [6.45, 7) is 6.74. The van der Waals surface area contributed by atoms with Crippen LogP contribution in [-0.2, 0) is 14.3 Å². The predicted octanol–water partition coefficient (Wildman–Crippen LogP) is 9.07. The van der Waals surface area contributed by atoms with Gasteiger partial charge in [0.05, 0.1) is 6.61 Å². The fourth-order valence-corrected chi connectivity index (χ4v) is 7.55. The molecule has 0 heterocycles. The summed E-state index contributed by atoms with van der Waals surface area (Å²) in [6.07, 6.45) is 25.2. The maximum absolute atomic E-state index is 13.1. The van der Waals surface area contributed by atoms with E-state index in [0.717, 1.165) is 43.4 Å². The Bertz CT molecular complexity index is 627. The smallest absolute Gasteiger partial charge is 0.319 e. The molecular weight excluding hydrogens is 432 g/mol. The molecule has 0 unspecified atom stereocenters. The second kappa shape index (κ2) is 14.8. The highest BCUT2D eigenvalue weighted by atomic mass is 16.5. The zero-order valence-corrected chi connectivity index (χ0v) is 23.5. The van der Waals surface area contributed by atoms with Crippen molar-refractivity contribution in [3.63, 3.8) is 0 Å². The van der Waals surface area contributed by atoms with E-state index in [1.54, 1.807) is 0 Å². The lowest BCUT2D eigenvalue weighted by Crippen LogP contribution is -2.44. The minimum atomic E-state index is -0.894. The Morgan fingerprint density at radius 1 is 0.743 bits per heavy atom. The first-order valence-corrected chi connectivity index (χ1v) is 15.7. The first-order chi connectivity index (χ1) is 17.0. The summed E-state index contributed by atoms with van der Waals surface area (Å²) in [6, 6.07) is 0. The lowest BCUT2D eigenvalue weighted by Gasteiger charge is -2.42. The summed E-state index contributed by atoms with van der Waals surface area (Å²) >= 11 is 0. The SMILES string of the molecule is CCCCCCCC1CCC(C2CCC([C@@H]3CC[C@](C)(C(=O)OCCCCC)C(=O)C3)CC2)CC1. The van der Waals surface area contributed by atoms with Crippen LogP contribution in [-0.4, -0.2) is 18.4 Å². The zero-order chi connectivity index (χ0) is 25.1. The largest absolute Gasteiger partial charge is 0.465 e. The van der Waals surface area contributed by atoms with Crippen molar-refractivity contribution in [3.05, 3.63) is 0 Å². The van der Waals surface area contributed by atoms with Crippen molar-refractivity contribution >= 4 is 11.8 Å². The van der Waals surface area contributed by atoms with Gasteiger partial charge in [-0.1, -0.05) is 78.1 Å². The van der Waals surface area contributed by atoms with Crippen LogP contribution in [0.5, 0.6) is 0 Å². The second-order valence-electron chi connectivity index (χ2n) is 12.8. The molecule has 202 valence electrons. The van der Waals surface area contributed by atoms with E-state index < -0.39 is 5.41 Å². The van der Waals surface area contributed by atoms with E-state index in [-0.39, 0.29) is 11.8 Å². The van der Waals surface area contributed by atoms with Gasteiger partial charge in [-0.05, 0) is 94.3 Å². The van der Waals surface area contributed by atoms with Gasteiger partial charge in [-0.25, -0.2) is 0 Å². The Hall–Kier alpha value is -0.860. The van der Waals surface area contributed by atoms with Gasteiger partial charge in [0.25, 0.3) is 0 Å². The topological polar surface area (TPSA) is 43.4 Å². The number of hydrogen-bond acceptors (Lipinski definition) is 3. The summed E-state index contributed by atoms with van der Waals surface area (Å²) in [7, 11) is 0. The number of unbranched alkanes of at least 4 members (excludes halogenated alkanes) is 6. The van der Waals surface area contributed by atoms with Gasteiger partial charge in [0, 0.05) is 6.42 Å².